The summed E-state index contributed by atoms with van der Waals surface area (Å²) in [5, 5.41) is 10.0. The Morgan fingerprint density at radius 2 is 1.80 bits per heavy atom. The van der Waals surface area contributed by atoms with Crippen molar-refractivity contribution < 1.29 is 14.6 Å². The lowest BCUT2D eigenvalue weighted by Gasteiger charge is -2.18. The molecule has 2 aromatic rings. The van der Waals surface area contributed by atoms with Crippen LogP contribution in [0.1, 0.15) is 41.4 Å². The fourth-order valence-corrected chi connectivity index (χ4v) is 2.08. The van der Waals surface area contributed by atoms with Gasteiger partial charge >= 0.3 is 0 Å². The highest BCUT2D eigenvalue weighted by Gasteiger charge is 2.15. The van der Waals surface area contributed by atoms with Crippen molar-refractivity contribution in [2.75, 3.05) is 0 Å². The maximum Gasteiger partial charge on any atom is 0.163 e. The molecule has 0 fully saturated rings. The minimum Gasteiger partial charge on any atom is -0.507 e. The molecule has 0 spiro atoms. The van der Waals surface area contributed by atoms with Crippen LogP contribution >= 0.6 is 0 Å². The van der Waals surface area contributed by atoms with E-state index < -0.39 is 0 Å². The Labute approximate surface area is 118 Å². The first-order valence-corrected chi connectivity index (χ1v) is 6.55. The van der Waals surface area contributed by atoms with Crippen LogP contribution < -0.4 is 4.74 Å². The summed E-state index contributed by atoms with van der Waals surface area (Å²) >= 11 is 0. The van der Waals surface area contributed by atoms with E-state index in [-0.39, 0.29) is 17.6 Å². The first-order valence-electron chi connectivity index (χ1n) is 6.55. The number of hydrogen-bond donors (Lipinski definition) is 1. The summed E-state index contributed by atoms with van der Waals surface area (Å²) in [6.45, 7) is 5.13. The lowest BCUT2D eigenvalue weighted by molar-refractivity contribution is 0.101. The van der Waals surface area contributed by atoms with Crippen LogP contribution in [0.4, 0.5) is 0 Å². The zero-order chi connectivity index (χ0) is 14.7. The molecule has 2 aromatic carbocycles. The van der Waals surface area contributed by atoms with Gasteiger partial charge in [-0.25, -0.2) is 0 Å². The Kier molecular flexibility index (Phi) is 4.08. The number of ether oxygens (including phenoxy) is 1. The molecular formula is C17H18O3. The van der Waals surface area contributed by atoms with Gasteiger partial charge in [0.1, 0.15) is 17.6 Å². The van der Waals surface area contributed by atoms with E-state index in [4.69, 9.17) is 4.74 Å². The minimum atomic E-state index is -0.159. The third-order valence-electron chi connectivity index (χ3n) is 3.33. The van der Waals surface area contributed by atoms with Gasteiger partial charge in [-0.15, -0.1) is 0 Å². The summed E-state index contributed by atoms with van der Waals surface area (Å²) in [5.41, 5.74) is 1.96. The van der Waals surface area contributed by atoms with Crippen molar-refractivity contribution in [3.05, 3.63) is 59.2 Å². The summed E-state index contributed by atoms with van der Waals surface area (Å²) in [6, 6.07) is 13.2. The Morgan fingerprint density at radius 1 is 1.15 bits per heavy atom. The lowest BCUT2D eigenvalue weighted by atomic mass is 10.1. The molecule has 3 heteroatoms. The molecule has 0 aromatic heterocycles. The summed E-state index contributed by atoms with van der Waals surface area (Å²) in [7, 11) is 0. The number of carbonyl (C=O) groups excluding carboxylic acids is 1. The number of rotatable bonds is 4. The first-order chi connectivity index (χ1) is 9.50. The number of aromatic hydroxyl groups is 1. The predicted octanol–water partition coefficient (Wildman–Crippen LogP) is 4.04. The number of Topliss-reactive ketones (excluding diaryl/α,β-unsaturated/α-hetero) is 1. The molecule has 0 saturated carbocycles. The van der Waals surface area contributed by atoms with E-state index in [2.05, 4.69) is 0 Å². The van der Waals surface area contributed by atoms with Gasteiger partial charge in [-0.2, -0.15) is 0 Å². The quantitative estimate of drug-likeness (QED) is 0.853. The summed E-state index contributed by atoms with van der Waals surface area (Å²) < 4.78 is 5.88. The van der Waals surface area contributed by atoms with E-state index in [1.807, 2.05) is 37.3 Å². The van der Waals surface area contributed by atoms with Crippen molar-refractivity contribution in [1.29, 1.82) is 0 Å². The van der Waals surface area contributed by atoms with E-state index in [1.54, 1.807) is 19.1 Å². The Bertz CT molecular complexity index is 618. The van der Waals surface area contributed by atoms with Gasteiger partial charge < -0.3 is 9.84 Å². The van der Waals surface area contributed by atoms with E-state index >= 15 is 0 Å². The van der Waals surface area contributed by atoms with Crippen LogP contribution in [0, 0.1) is 6.92 Å². The maximum absolute atomic E-state index is 11.4. The Morgan fingerprint density at radius 3 is 2.40 bits per heavy atom. The Balaban J connectivity index is 2.27. The predicted molar refractivity (Wildman–Crippen MR) is 78.3 cm³/mol. The largest absolute Gasteiger partial charge is 0.507 e. The van der Waals surface area contributed by atoms with Gasteiger partial charge in [0.2, 0.25) is 0 Å². The van der Waals surface area contributed by atoms with Crippen molar-refractivity contribution in [1.82, 2.24) is 0 Å². The summed E-state index contributed by atoms with van der Waals surface area (Å²) in [6.07, 6.45) is -0.127. The van der Waals surface area contributed by atoms with Crippen molar-refractivity contribution in [2.45, 2.75) is 26.9 Å². The molecule has 1 unspecified atom stereocenters. The molecule has 0 aliphatic carbocycles. The highest BCUT2D eigenvalue weighted by Crippen LogP contribution is 2.33. The van der Waals surface area contributed by atoms with Crippen molar-refractivity contribution in [2.24, 2.45) is 0 Å². The molecule has 0 radical (unpaired) electrons. The molecule has 3 nitrogen and oxygen atoms in total. The van der Waals surface area contributed by atoms with Gasteiger partial charge in [0.15, 0.2) is 5.78 Å². The van der Waals surface area contributed by atoms with E-state index in [0.717, 1.165) is 5.56 Å². The monoisotopic (exact) mass is 270 g/mol. The summed E-state index contributed by atoms with van der Waals surface area (Å²) in [4.78, 5) is 11.4. The van der Waals surface area contributed by atoms with Crippen LogP contribution in [0.3, 0.4) is 0 Å². The molecule has 2 rings (SSSR count). The highest BCUT2D eigenvalue weighted by atomic mass is 16.5. The summed E-state index contributed by atoms with van der Waals surface area (Å²) in [5.74, 6) is 0.423. The molecule has 104 valence electrons. The van der Waals surface area contributed by atoms with Gasteiger partial charge in [-0.3, -0.25) is 4.79 Å². The third kappa shape index (κ3) is 2.82. The van der Waals surface area contributed by atoms with E-state index in [9.17, 15) is 9.90 Å². The number of ketones is 1. The molecule has 1 N–H and O–H groups in total. The first kappa shape index (κ1) is 14.1. The number of carbonyl (C=O) groups is 1. The number of phenols is 1. The topological polar surface area (TPSA) is 46.5 Å². The smallest absolute Gasteiger partial charge is 0.163 e. The maximum atomic E-state index is 11.4. The zero-order valence-corrected chi connectivity index (χ0v) is 11.9. The molecule has 1 atom stereocenters. The fourth-order valence-electron chi connectivity index (χ4n) is 2.08. The molecule has 0 bridgehead atoms. The van der Waals surface area contributed by atoms with Gasteiger partial charge in [0.05, 0.1) is 5.56 Å². The molecular weight excluding hydrogens is 252 g/mol. The number of hydrogen-bond acceptors (Lipinski definition) is 3. The standard InChI is InChI=1S/C17H18O3/c1-11-16(10-9-15(12(2)18)17(11)19)20-13(3)14-7-5-4-6-8-14/h4-10,13,19H,1-3H3. The molecule has 20 heavy (non-hydrogen) atoms. The van der Waals surface area contributed by atoms with E-state index in [1.165, 1.54) is 6.92 Å². The highest BCUT2D eigenvalue weighted by molar-refractivity contribution is 5.97. The van der Waals surface area contributed by atoms with Crippen LogP contribution in [-0.2, 0) is 0 Å². The van der Waals surface area contributed by atoms with Crippen molar-refractivity contribution in [3.8, 4) is 11.5 Å². The second kappa shape index (κ2) is 5.78. The number of phenolic OH excluding ortho intramolecular Hbond substituents is 1. The van der Waals surface area contributed by atoms with Crippen LogP contribution in [-0.4, -0.2) is 10.9 Å². The van der Waals surface area contributed by atoms with Crippen LogP contribution in [0.5, 0.6) is 11.5 Å². The van der Waals surface area contributed by atoms with Gasteiger partial charge in [0, 0.05) is 5.56 Å². The minimum absolute atomic E-state index is 0.00439. The SMILES string of the molecule is CC(=O)c1ccc(OC(C)c2ccccc2)c(C)c1O. The molecule has 0 aliphatic rings. The second-order valence-corrected chi connectivity index (χ2v) is 4.81. The lowest BCUT2D eigenvalue weighted by Crippen LogP contribution is -2.05. The number of benzene rings is 2. The molecule has 0 heterocycles. The Hall–Kier alpha value is -2.29. The van der Waals surface area contributed by atoms with Gasteiger partial charge in [-0.1, -0.05) is 30.3 Å². The van der Waals surface area contributed by atoms with Crippen molar-refractivity contribution in [3.63, 3.8) is 0 Å². The van der Waals surface area contributed by atoms with E-state index in [0.29, 0.717) is 16.9 Å². The molecule has 0 aliphatic heterocycles. The van der Waals surface area contributed by atoms with Crippen LogP contribution in [0.15, 0.2) is 42.5 Å². The average molecular weight is 270 g/mol. The third-order valence-corrected chi connectivity index (χ3v) is 3.33. The zero-order valence-electron chi connectivity index (χ0n) is 11.9. The van der Waals surface area contributed by atoms with Crippen molar-refractivity contribution >= 4 is 5.78 Å². The average Bonchev–Trinajstić information content (AvgIpc) is 2.44. The molecule has 0 amide bonds. The normalized spacial score (nSPS) is 11.9. The van der Waals surface area contributed by atoms with Gasteiger partial charge in [0.25, 0.3) is 0 Å². The van der Waals surface area contributed by atoms with Crippen LogP contribution in [0.25, 0.3) is 0 Å². The second-order valence-electron chi connectivity index (χ2n) is 4.81. The fraction of sp³-hybridized carbons (Fsp3) is 0.235. The molecule has 0 saturated heterocycles. The van der Waals surface area contributed by atoms with Crippen LogP contribution in [0.2, 0.25) is 0 Å². The van der Waals surface area contributed by atoms with Gasteiger partial charge in [-0.05, 0) is 38.5 Å².